The first-order valence-electron chi connectivity index (χ1n) is 4.63. The van der Waals surface area contributed by atoms with Gasteiger partial charge in [-0.1, -0.05) is 18.2 Å². The third kappa shape index (κ3) is 2.00. The molecule has 4 heteroatoms. The number of anilines is 1. The largest absolute Gasteiger partial charge is 0.384 e. The Labute approximate surface area is 91.4 Å². The van der Waals surface area contributed by atoms with Crippen molar-refractivity contribution >= 4 is 33.0 Å². The second-order valence-electron chi connectivity index (χ2n) is 3.31. The highest BCUT2D eigenvalue weighted by atomic mass is 32.1. The molecular weight excluding hydrogens is 210 g/mol. The van der Waals surface area contributed by atoms with Gasteiger partial charge in [-0.05, 0) is 13.0 Å². The van der Waals surface area contributed by atoms with Crippen LogP contribution < -0.4 is 5.32 Å². The number of carbonyl (C=O) groups excluding carboxylic acids is 1. The molecule has 1 aromatic heterocycles. The van der Waals surface area contributed by atoms with E-state index in [1.165, 1.54) is 6.92 Å². The van der Waals surface area contributed by atoms with Crippen molar-refractivity contribution in [3.05, 3.63) is 29.6 Å². The van der Waals surface area contributed by atoms with E-state index in [1.807, 2.05) is 29.6 Å². The molecule has 15 heavy (non-hydrogen) atoms. The number of carbonyl (C=O) groups is 1. The highest BCUT2D eigenvalue weighted by Crippen LogP contribution is 2.29. The number of thiophene rings is 1. The Kier molecular flexibility index (Phi) is 2.70. The van der Waals surface area contributed by atoms with E-state index in [-0.39, 0.29) is 5.91 Å². The van der Waals surface area contributed by atoms with E-state index in [0.29, 0.717) is 0 Å². The normalized spacial score (nSPS) is 12.7. The van der Waals surface area contributed by atoms with Crippen molar-refractivity contribution in [3.8, 4) is 0 Å². The van der Waals surface area contributed by atoms with Crippen LogP contribution in [0.1, 0.15) is 6.92 Å². The molecule has 2 N–H and O–H groups in total. The number of nitrogens with one attached hydrogen (secondary N) is 1. The third-order valence-electron chi connectivity index (χ3n) is 2.12. The van der Waals surface area contributed by atoms with Crippen molar-refractivity contribution in [2.24, 2.45) is 0 Å². The lowest BCUT2D eigenvalue weighted by Crippen LogP contribution is -2.24. The molecule has 1 amide bonds. The second kappa shape index (κ2) is 4.00. The van der Waals surface area contributed by atoms with Crippen LogP contribution in [0.4, 0.5) is 5.69 Å². The van der Waals surface area contributed by atoms with Crippen LogP contribution >= 0.6 is 11.3 Å². The molecule has 0 aliphatic carbocycles. The van der Waals surface area contributed by atoms with Crippen LogP contribution in [0.25, 0.3) is 10.1 Å². The fraction of sp³-hybridized carbons (Fsp3) is 0.182. The van der Waals surface area contributed by atoms with Gasteiger partial charge in [-0.25, -0.2) is 0 Å². The maximum atomic E-state index is 11.3. The molecule has 78 valence electrons. The van der Waals surface area contributed by atoms with Gasteiger partial charge < -0.3 is 10.4 Å². The number of rotatable bonds is 2. The Bertz CT molecular complexity index is 490. The third-order valence-corrected chi connectivity index (χ3v) is 3.08. The Morgan fingerprint density at radius 1 is 1.47 bits per heavy atom. The Morgan fingerprint density at radius 2 is 2.20 bits per heavy atom. The lowest BCUT2D eigenvalue weighted by molar-refractivity contribution is -0.123. The van der Waals surface area contributed by atoms with Crippen LogP contribution in [0.3, 0.4) is 0 Å². The van der Waals surface area contributed by atoms with E-state index >= 15 is 0 Å². The van der Waals surface area contributed by atoms with Crippen molar-refractivity contribution in [2.45, 2.75) is 13.0 Å². The fourth-order valence-corrected chi connectivity index (χ4v) is 2.20. The summed E-state index contributed by atoms with van der Waals surface area (Å²) in [5.74, 6) is -0.376. The van der Waals surface area contributed by atoms with Gasteiger partial charge in [0, 0.05) is 15.5 Å². The predicted octanol–water partition coefficient (Wildman–Crippen LogP) is 2.22. The van der Waals surface area contributed by atoms with Crippen molar-refractivity contribution < 1.29 is 9.90 Å². The van der Waals surface area contributed by atoms with Crippen LogP contribution in [0.15, 0.2) is 29.6 Å². The second-order valence-corrected chi connectivity index (χ2v) is 4.22. The minimum atomic E-state index is -0.983. The van der Waals surface area contributed by atoms with Gasteiger partial charge in [0.1, 0.15) is 6.10 Å². The first-order chi connectivity index (χ1) is 7.18. The fourth-order valence-electron chi connectivity index (χ4n) is 1.31. The summed E-state index contributed by atoms with van der Waals surface area (Å²) in [6.45, 7) is 1.45. The quantitative estimate of drug-likeness (QED) is 0.817. The van der Waals surface area contributed by atoms with Gasteiger partial charge in [0.15, 0.2) is 0 Å². The predicted molar refractivity (Wildman–Crippen MR) is 62.1 cm³/mol. The summed E-state index contributed by atoms with van der Waals surface area (Å²) >= 11 is 1.57. The molecule has 0 bridgehead atoms. The van der Waals surface area contributed by atoms with Crippen LogP contribution in [0, 0.1) is 0 Å². The molecule has 3 nitrogen and oxygen atoms in total. The Morgan fingerprint density at radius 3 is 2.93 bits per heavy atom. The lowest BCUT2D eigenvalue weighted by Gasteiger charge is -2.05. The van der Waals surface area contributed by atoms with Crippen molar-refractivity contribution in [2.75, 3.05) is 5.32 Å². The molecule has 1 heterocycles. The van der Waals surface area contributed by atoms with E-state index in [1.54, 1.807) is 11.3 Å². The number of aliphatic hydroxyl groups excluding tert-OH is 1. The summed E-state index contributed by atoms with van der Waals surface area (Å²) in [4.78, 5) is 11.3. The van der Waals surface area contributed by atoms with Gasteiger partial charge >= 0.3 is 0 Å². The van der Waals surface area contributed by atoms with Crippen LogP contribution in [-0.2, 0) is 4.79 Å². The standard InChI is InChI=1S/C11H11NO2S/c1-7(13)11(14)12-9-6-15-10-5-3-2-4-8(9)10/h2-7,13H,1H3,(H,12,14). The number of aliphatic hydroxyl groups is 1. The van der Waals surface area contributed by atoms with Gasteiger partial charge in [-0.3, -0.25) is 4.79 Å². The molecule has 0 saturated heterocycles. The number of benzene rings is 1. The monoisotopic (exact) mass is 221 g/mol. The topological polar surface area (TPSA) is 49.3 Å². The van der Waals surface area contributed by atoms with Crippen LogP contribution in [0.5, 0.6) is 0 Å². The maximum Gasteiger partial charge on any atom is 0.252 e. The molecule has 0 fully saturated rings. The molecule has 0 spiro atoms. The average molecular weight is 221 g/mol. The average Bonchev–Trinajstić information content (AvgIpc) is 2.62. The van der Waals surface area contributed by atoms with Crippen LogP contribution in [0.2, 0.25) is 0 Å². The molecule has 1 unspecified atom stereocenters. The maximum absolute atomic E-state index is 11.3. The van der Waals surface area contributed by atoms with Gasteiger partial charge in [0.2, 0.25) is 0 Å². The van der Waals surface area contributed by atoms with Crippen molar-refractivity contribution in [3.63, 3.8) is 0 Å². The van der Waals surface area contributed by atoms with E-state index in [9.17, 15) is 4.79 Å². The summed E-state index contributed by atoms with van der Waals surface area (Å²) < 4.78 is 1.12. The summed E-state index contributed by atoms with van der Waals surface area (Å²) in [7, 11) is 0. The first-order valence-corrected chi connectivity index (χ1v) is 5.51. The number of hydrogen-bond donors (Lipinski definition) is 2. The molecule has 2 rings (SSSR count). The Balaban J connectivity index is 2.33. The molecule has 0 saturated carbocycles. The Hall–Kier alpha value is -1.39. The zero-order valence-corrected chi connectivity index (χ0v) is 9.04. The van der Waals surface area contributed by atoms with E-state index in [0.717, 1.165) is 15.8 Å². The molecule has 0 radical (unpaired) electrons. The zero-order chi connectivity index (χ0) is 10.8. The molecule has 0 aliphatic rings. The summed E-state index contributed by atoms with van der Waals surface area (Å²) in [5, 5.41) is 14.7. The highest BCUT2D eigenvalue weighted by Gasteiger charge is 2.11. The zero-order valence-electron chi connectivity index (χ0n) is 8.23. The SMILES string of the molecule is CC(O)C(=O)Nc1csc2ccccc12. The van der Waals surface area contributed by atoms with Gasteiger partial charge in [-0.15, -0.1) is 11.3 Å². The summed E-state index contributed by atoms with van der Waals surface area (Å²) in [6, 6.07) is 7.83. The smallest absolute Gasteiger partial charge is 0.252 e. The van der Waals surface area contributed by atoms with E-state index < -0.39 is 6.10 Å². The molecule has 2 aromatic rings. The number of hydrogen-bond acceptors (Lipinski definition) is 3. The summed E-state index contributed by atoms with van der Waals surface area (Å²) in [6.07, 6.45) is -0.983. The first kappa shape index (κ1) is 10.1. The number of fused-ring (bicyclic) bond motifs is 1. The number of amides is 1. The molecule has 1 atom stereocenters. The van der Waals surface area contributed by atoms with Crippen molar-refractivity contribution in [1.82, 2.24) is 0 Å². The minimum absolute atomic E-state index is 0.376. The van der Waals surface area contributed by atoms with Gasteiger partial charge in [0.05, 0.1) is 5.69 Å². The summed E-state index contributed by atoms with van der Waals surface area (Å²) in [5.41, 5.74) is 0.765. The van der Waals surface area contributed by atoms with E-state index in [2.05, 4.69) is 5.32 Å². The van der Waals surface area contributed by atoms with Crippen LogP contribution in [-0.4, -0.2) is 17.1 Å². The molecule has 1 aromatic carbocycles. The lowest BCUT2D eigenvalue weighted by atomic mass is 10.2. The van der Waals surface area contributed by atoms with Gasteiger partial charge in [0.25, 0.3) is 5.91 Å². The highest BCUT2D eigenvalue weighted by molar-refractivity contribution is 7.17. The molecular formula is C11H11NO2S. The van der Waals surface area contributed by atoms with E-state index in [4.69, 9.17) is 5.11 Å². The molecule has 0 aliphatic heterocycles. The van der Waals surface area contributed by atoms with Gasteiger partial charge in [-0.2, -0.15) is 0 Å². The van der Waals surface area contributed by atoms with Crippen molar-refractivity contribution in [1.29, 1.82) is 0 Å². The minimum Gasteiger partial charge on any atom is -0.384 e.